The number of hydrogen-bond acceptors (Lipinski definition) is 4. The number of nitrogens with two attached hydrogens (primary N) is 1. The van der Waals surface area contributed by atoms with E-state index >= 15 is 0 Å². The van der Waals surface area contributed by atoms with Gasteiger partial charge in [0.15, 0.2) is 5.13 Å². The Morgan fingerprint density at radius 3 is 2.73 bits per heavy atom. The molecule has 0 aliphatic carbocycles. The van der Waals surface area contributed by atoms with Crippen LogP contribution >= 0.6 is 11.3 Å². The first-order valence-corrected chi connectivity index (χ1v) is 5.28. The monoisotopic (exact) mass is 217 g/mol. The van der Waals surface area contributed by atoms with Gasteiger partial charge in [0, 0.05) is 10.4 Å². The van der Waals surface area contributed by atoms with E-state index in [9.17, 15) is 4.79 Å². The molecule has 1 radical (unpaired) electrons. The van der Waals surface area contributed by atoms with Crippen LogP contribution in [0, 0.1) is 0 Å². The summed E-state index contributed by atoms with van der Waals surface area (Å²) in [6, 6.07) is 9.69. The summed E-state index contributed by atoms with van der Waals surface area (Å²) in [6.07, 6.45) is 2.12. The van der Waals surface area contributed by atoms with Crippen molar-refractivity contribution in [1.82, 2.24) is 4.98 Å². The zero-order chi connectivity index (χ0) is 10.7. The van der Waals surface area contributed by atoms with E-state index in [0.29, 0.717) is 5.13 Å². The molecule has 0 amide bonds. The summed E-state index contributed by atoms with van der Waals surface area (Å²) in [5.41, 5.74) is 7.40. The second kappa shape index (κ2) is 4.23. The Hall–Kier alpha value is -1.68. The Balaban J connectivity index is 2.47. The van der Waals surface area contributed by atoms with Gasteiger partial charge in [-0.15, -0.1) is 11.3 Å². The maximum Gasteiger partial charge on any atom is 0.204 e. The minimum Gasteiger partial charge on any atom is -0.375 e. The molecule has 2 N–H and O–H groups in total. The van der Waals surface area contributed by atoms with Crippen LogP contribution < -0.4 is 5.73 Å². The van der Waals surface area contributed by atoms with Gasteiger partial charge in [-0.05, 0) is 0 Å². The molecule has 75 valence electrons. The molecule has 3 nitrogen and oxygen atoms in total. The van der Waals surface area contributed by atoms with Crippen LogP contribution in [0.3, 0.4) is 0 Å². The molecule has 0 saturated heterocycles. The van der Waals surface area contributed by atoms with Crippen molar-refractivity contribution in [3.05, 3.63) is 35.2 Å². The first-order valence-electron chi connectivity index (χ1n) is 4.47. The lowest BCUT2D eigenvalue weighted by atomic mass is 10.1. The van der Waals surface area contributed by atoms with Crippen LogP contribution in [-0.2, 0) is 11.2 Å². The second-order valence-electron chi connectivity index (χ2n) is 3.01. The fourth-order valence-electron chi connectivity index (χ4n) is 1.38. The van der Waals surface area contributed by atoms with Crippen molar-refractivity contribution in [2.45, 2.75) is 6.42 Å². The molecule has 0 unspecified atom stereocenters. The Labute approximate surface area is 91.6 Å². The standard InChI is InChI=1S/C11H9N2OS/c12-11-13-10(9(15-11)6-7-14)8-4-2-1-3-5-8/h1-5H,6H2,(H2,12,13). The topological polar surface area (TPSA) is 56.0 Å². The van der Waals surface area contributed by atoms with Crippen molar-refractivity contribution in [2.75, 3.05) is 5.73 Å². The fraction of sp³-hybridized carbons (Fsp3) is 0.0909. The lowest BCUT2D eigenvalue weighted by molar-refractivity contribution is 0.555. The molecule has 0 aliphatic rings. The molecule has 0 saturated carbocycles. The van der Waals surface area contributed by atoms with Gasteiger partial charge in [-0.25, -0.2) is 4.98 Å². The van der Waals surface area contributed by atoms with E-state index in [1.807, 2.05) is 36.6 Å². The van der Waals surface area contributed by atoms with E-state index in [0.717, 1.165) is 16.1 Å². The number of nitrogen functional groups attached to an aromatic ring is 1. The summed E-state index contributed by atoms with van der Waals surface area (Å²) >= 11 is 1.34. The van der Waals surface area contributed by atoms with E-state index in [1.54, 1.807) is 0 Å². The van der Waals surface area contributed by atoms with Crippen molar-refractivity contribution >= 4 is 22.8 Å². The van der Waals surface area contributed by atoms with Crippen LogP contribution in [0.25, 0.3) is 11.3 Å². The van der Waals surface area contributed by atoms with Gasteiger partial charge in [-0.2, -0.15) is 0 Å². The highest BCUT2D eigenvalue weighted by Crippen LogP contribution is 2.29. The first kappa shape index (κ1) is 9.86. The normalized spacial score (nSPS) is 10.1. The van der Waals surface area contributed by atoms with Gasteiger partial charge in [-0.1, -0.05) is 30.3 Å². The smallest absolute Gasteiger partial charge is 0.204 e. The second-order valence-corrected chi connectivity index (χ2v) is 4.13. The Morgan fingerprint density at radius 2 is 2.07 bits per heavy atom. The largest absolute Gasteiger partial charge is 0.375 e. The van der Waals surface area contributed by atoms with Gasteiger partial charge in [0.05, 0.1) is 12.1 Å². The Bertz CT molecular complexity index is 465. The summed E-state index contributed by atoms with van der Waals surface area (Å²) in [5, 5.41) is 0.485. The zero-order valence-electron chi connectivity index (χ0n) is 7.93. The predicted molar refractivity (Wildman–Crippen MR) is 61.4 cm³/mol. The third-order valence-corrected chi connectivity index (χ3v) is 2.88. The minimum absolute atomic E-state index is 0.249. The fourth-order valence-corrected chi connectivity index (χ4v) is 2.16. The number of anilines is 1. The average molecular weight is 217 g/mol. The Morgan fingerprint density at radius 1 is 1.33 bits per heavy atom. The molecule has 2 aromatic rings. The summed E-state index contributed by atoms with van der Waals surface area (Å²) in [5.74, 6) is 0. The highest BCUT2D eigenvalue weighted by molar-refractivity contribution is 7.15. The molecule has 2 rings (SSSR count). The van der Waals surface area contributed by atoms with Gasteiger partial charge in [-0.3, -0.25) is 4.79 Å². The maximum atomic E-state index is 10.4. The van der Waals surface area contributed by atoms with Crippen molar-refractivity contribution in [3.63, 3.8) is 0 Å². The molecule has 1 aromatic carbocycles. The number of rotatable bonds is 3. The molecule has 15 heavy (non-hydrogen) atoms. The summed E-state index contributed by atoms with van der Waals surface area (Å²) in [7, 11) is 0. The van der Waals surface area contributed by atoms with Crippen LogP contribution in [0.15, 0.2) is 30.3 Å². The molecule has 0 atom stereocenters. The van der Waals surface area contributed by atoms with Gasteiger partial charge in [0.1, 0.15) is 0 Å². The highest BCUT2D eigenvalue weighted by Gasteiger charge is 2.10. The van der Waals surface area contributed by atoms with Crippen LogP contribution in [-0.4, -0.2) is 11.3 Å². The predicted octanol–water partition coefficient (Wildman–Crippen LogP) is 2.04. The molecule has 4 heteroatoms. The number of nitrogens with zero attached hydrogens (tertiary/aromatic N) is 1. The number of thiazole rings is 1. The molecule has 0 bridgehead atoms. The summed E-state index contributed by atoms with van der Waals surface area (Å²) < 4.78 is 0. The van der Waals surface area contributed by atoms with Crippen LogP contribution in [0.4, 0.5) is 5.13 Å². The third-order valence-electron chi connectivity index (χ3n) is 1.99. The third kappa shape index (κ3) is 2.05. The van der Waals surface area contributed by atoms with E-state index < -0.39 is 0 Å². The van der Waals surface area contributed by atoms with E-state index in [2.05, 4.69) is 4.98 Å². The van der Waals surface area contributed by atoms with Crippen LogP contribution in [0.5, 0.6) is 0 Å². The van der Waals surface area contributed by atoms with Gasteiger partial charge in [0.25, 0.3) is 0 Å². The van der Waals surface area contributed by atoms with Gasteiger partial charge >= 0.3 is 0 Å². The number of carbonyl (C=O) groups excluding carboxylic acids is 1. The molecule has 1 heterocycles. The lowest BCUT2D eigenvalue weighted by Gasteiger charge is -1.97. The SMILES string of the molecule is Nc1nc(-c2ccccc2)c(C[C]=O)s1. The maximum absolute atomic E-state index is 10.4. The Kier molecular flexibility index (Phi) is 2.78. The van der Waals surface area contributed by atoms with E-state index in [-0.39, 0.29) is 6.42 Å². The quantitative estimate of drug-likeness (QED) is 0.856. The number of aromatic nitrogens is 1. The van der Waals surface area contributed by atoms with Crippen LogP contribution in [0.1, 0.15) is 4.88 Å². The minimum atomic E-state index is 0.249. The van der Waals surface area contributed by atoms with E-state index in [1.165, 1.54) is 11.3 Å². The van der Waals surface area contributed by atoms with E-state index in [4.69, 9.17) is 5.73 Å². The molecule has 0 fully saturated rings. The van der Waals surface area contributed by atoms with Crippen molar-refractivity contribution in [1.29, 1.82) is 0 Å². The van der Waals surface area contributed by atoms with Crippen molar-refractivity contribution in [3.8, 4) is 11.3 Å². The molecular weight excluding hydrogens is 208 g/mol. The molecule has 0 spiro atoms. The first-order chi connectivity index (χ1) is 7.31. The summed E-state index contributed by atoms with van der Waals surface area (Å²) in [4.78, 5) is 15.5. The van der Waals surface area contributed by atoms with Crippen molar-refractivity contribution in [2.24, 2.45) is 0 Å². The number of benzene rings is 1. The average Bonchev–Trinajstić information content (AvgIpc) is 2.62. The molecular formula is C11H9N2OS. The van der Waals surface area contributed by atoms with Gasteiger partial charge < -0.3 is 5.73 Å². The van der Waals surface area contributed by atoms with Crippen LogP contribution in [0.2, 0.25) is 0 Å². The lowest BCUT2D eigenvalue weighted by Crippen LogP contribution is -1.87. The van der Waals surface area contributed by atoms with Gasteiger partial charge in [0.2, 0.25) is 6.29 Å². The summed E-state index contributed by atoms with van der Waals surface area (Å²) in [6.45, 7) is 0. The number of hydrogen-bond donors (Lipinski definition) is 1. The molecule has 0 aliphatic heterocycles. The van der Waals surface area contributed by atoms with Crippen molar-refractivity contribution < 1.29 is 4.79 Å². The zero-order valence-corrected chi connectivity index (χ0v) is 8.75. The highest BCUT2D eigenvalue weighted by atomic mass is 32.1. The molecule has 1 aromatic heterocycles.